The number of ether oxygens (including phenoxy) is 3. The van der Waals surface area contributed by atoms with Crippen LogP contribution < -0.4 is 5.56 Å². The van der Waals surface area contributed by atoms with Crippen molar-refractivity contribution in [1.82, 2.24) is 18.9 Å². The van der Waals surface area contributed by atoms with Crippen LogP contribution in [0.5, 0.6) is 0 Å². The number of amides is 1. The van der Waals surface area contributed by atoms with E-state index < -0.39 is 0 Å². The number of nitrogens with zero attached hydrogens (tertiary/aromatic N) is 4. The van der Waals surface area contributed by atoms with E-state index in [4.69, 9.17) is 14.2 Å². The van der Waals surface area contributed by atoms with Gasteiger partial charge in [0.05, 0.1) is 18.6 Å². The minimum Gasteiger partial charge on any atom is -0.385 e. The first-order chi connectivity index (χ1) is 14.6. The lowest BCUT2D eigenvalue weighted by Gasteiger charge is -2.23. The largest absolute Gasteiger partial charge is 0.385 e. The van der Waals surface area contributed by atoms with Crippen molar-refractivity contribution < 1.29 is 19.0 Å². The highest BCUT2D eigenvalue weighted by Crippen LogP contribution is 2.19. The van der Waals surface area contributed by atoms with E-state index in [0.717, 1.165) is 0 Å². The Labute approximate surface area is 174 Å². The number of aromatic nitrogens is 3. The Morgan fingerprint density at radius 1 is 1.07 bits per heavy atom. The van der Waals surface area contributed by atoms with Crippen LogP contribution in [0.1, 0.15) is 16.9 Å². The summed E-state index contributed by atoms with van der Waals surface area (Å²) in [6, 6.07) is 7.03. The van der Waals surface area contributed by atoms with Gasteiger partial charge in [0.2, 0.25) is 0 Å². The van der Waals surface area contributed by atoms with E-state index in [0.29, 0.717) is 68.3 Å². The van der Waals surface area contributed by atoms with Crippen molar-refractivity contribution in [3.05, 3.63) is 46.5 Å². The van der Waals surface area contributed by atoms with Crippen LogP contribution in [0.4, 0.5) is 0 Å². The Morgan fingerprint density at radius 3 is 2.43 bits per heavy atom. The second-order valence-corrected chi connectivity index (χ2v) is 6.89. The Morgan fingerprint density at radius 2 is 1.77 bits per heavy atom. The molecule has 0 aromatic carbocycles. The van der Waals surface area contributed by atoms with Crippen LogP contribution >= 0.6 is 0 Å². The van der Waals surface area contributed by atoms with Crippen molar-refractivity contribution in [2.24, 2.45) is 0 Å². The molecule has 0 spiro atoms. The summed E-state index contributed by atoms with van der Waals surface area (Å²) < 4.78 is 18.8. The summed E-state index contributed by atoms with van der Waals surface area (Å²) in [5.41, 5.74) is 1.27. The van der Waals surface area contributed by atoms with E-state index in [1.54, 1.807) is 50.6 Å². The molecule has 3 aromatic rings. The molecule has 0 saturated carbocycles. The van der Waals surface area contributed by atoms with Gasteiger partial charge in [-0.1, -0.05) is 6.07 Å². The van der Waals surface area contributed by atoms with Gasteiger partial charge in [0.1, 0.15) is 17.0 Å². The predicted octanol–water partition coefficient (Wildman–Crippen LogP) is 1.42. The van der Waals surface area contributed by atoms with Crippen molar-refractivity contribution in [3.63, 3.8) is 0 Å². The number of carbonyl (C=O) groups is 1. The number of fused-ring (bicyclic) bond motifs is 2. The Kier molecular flexibility index (Phi) is 7.56. The minimum absolute atomic E-state index is 0.187. The third-order valence-corrected chi connectivity index (χ3v) is 4.94. The molecule has 0 atom stereocenters. The second-order valence-electron chi connectivity index (χ2n) is 6.89. The van der Waals surface area contributed by atoms with Gasteiger partial charge in [0.25, 0.3) is 11.5 Å². The first-order valence-electron chi connectivity index (χ1n) is 9.89. The van der Waals surface area contributed by atoms with Gasteiger partial charge < -0.3 is 23.7 Å². The highest BCUT2D eigenvalue weighted by molar-refractivity contribution is 5.98. The summed E-state index contributed by atoms with van der Waals surface area (Å²) in [7, 11) is 4.82. The van der Waals surface area contributed by atoms with Gasteiger partial charge in [0, 0.05) is 53.8 Å². The lowest BCUT2D eigenvalue weighted by Crippen LogP contribution is -2.37. The molecule has 0 N–H and O–H groups in total. The minimum atomic E-state index is -0.199. The first-order valence-corrected chi connectivity index (χ1v) is 9.89. The lowest BCUT2D eigenvalue weighted by molar-refractivity contribution is 0.0617. The number of methoxy groups -OCH3 is 3. The third-order valence-electron chi connectivity index (χ3n) is 4.94. The summed E-state index contributed by atoms with van der Waals surface area (Å²) in [4.78, 5) is 32.8. The average Bonchev–Trinajstić information content (AvgIpc) is 3.12. The van der Waals surface area contributed by atoms with Gasteiger partial charge >= 0.3 is 0 Å². The maximum absolute atomic E-state index is 13.4. The summed E-state index contributed by atoms with van der Waals surface area (Å²) in [5.74, 6) is -0.187. The van der Waals surface area contributed by atoms with Gasteiger partial charge in [-0.15, -0.1) is 0 Å². The van der Waals surface area contributed by atoms with Crippen molar-refractivity contribution >= 4 is 22.6 Å². The van der Waals surface area contributed by atoms with E-state index >= 15 is 0 Å². The molecule has 0 aliphatic heterocycles. The first kappa shape index (κ1) is 21.9. The van der Waals surface area contributed by atoms with Gasteiger partial charge in [-0.3, -0.25) is 14.0 Å². The number of carbonyl (C=O) groups excluding carboxylic acids is 1. The van der Waals surface area contributed by atoms with Crippen LogP contribution in [0, 0.1) is 0 Å². The molecule has 3 heterocycles. The SMILES string of the molecule is COCCCn1c(C(=O)N(CCOC)CCOC)cc2c(=O)n3ccccc3nc21. The molecule has 0 fully saturated rings. The smallest absolute Gasteiger partial charge is 0.270 e. The molecule has 9 heteroatoms. The van der Waals surface area contributed by atoms with Crippen LogP contribution in [-0.2, 0) is 20.8 Å². The number of hydrogen-bond acceptors (Lipinski definition) is 6. The van der Waals surface area contributed by atoms with Crippen LogP contribution in [0.25, 0.3) is 16.7 Å². The summed E-state index contributed by atoms with van der Waals surface area (Å²) in [5, 5.41) is 0.415. The monoisotopic (exact) mass is 416 g/mol. The highest BCUT2D eigenvalue weighted by atomic mass is 16.5. The van der Waals surface area contributed by atoms with Crippen molar-refractivity contribution in [3.8, 4) is 0 Å². The fraction of sp³-hybridized carbons (Fsp3) is 0.476. The normalized spacial score (nSPS) is 11.4. The topological polar surface area (TPSA) is 87.3 Å². The number of rotatable bonds is 11. The summed E-state index contributed by atoms with van der Waals surface area (Å²) in [6.07, 6.45) is 2.36. The van der Waals surface area contributed by atoms with E-state index in [-0.39, 0.29) is 11.5 Å². The van der Waals surface area contributed by atoms with Crippen molar-refractivity contribution in [2.75, 3.05) is 54.2 Å². The predicted molar refractivity (Wildman–Crippen MR) is 113 cm³/mol. The molecule has 1 amide bonds. The molecule has 3 rings (SSSR count). The Bertz CT molecular complexity index is 1050. The number of aryl methyl sites for hydroxylation is 1. The van der Waals surface area contributed by atoms with Gasteiger partial charge in [-0.05, 0) is 24.6 Å². The standard InChI is InChI=1S/C21H28N4O5/c1-28-12-6-9-24-17(21(27)23(10-13-29-2)11-14-30-3)15-16-19(24)22-18-7-4-5-8-25(18)20(16)26/h4-5,7-8,15H,6,9-14H2,1-3H3. The zero-order valence-corrected chi connectivity index (χ0v) is 17.7. The zero-order valence-electron chi connectivity index (χ0n) is 17.7. The van der Waals surface area contributed by atoms with Crippen LogP contribution in [0.3, 0.4) is 0 Å². The molecule has 0 aliphatic carbocycles. The molecule has 30 heavy (non-hydrogen) atoms. The Balaban J connectivity index is 2.11. The van der Waals surface area contributed by atoms with Crippen molar-refractivity contribution in [2.45, 2.75) is 13.0 Å². The van der Waals surface area contributed by atoms with E-state index in [2.05, 4.69) is 4.98 Å². The fourth-order valence-corrected chi connectivity index (χ4v) is 3.40. The summed E-state index contributed by atoms with van der Waals surface area (Å²) in [6.45, 7) is 2.71. The van der Waals surface area contributed by atoms with Crippen molar-refractivity contribution in [1.29, 1.82) is 0 Å². The van der Waals surface area contributed by atoms with Crippen LogP contribution in [-0.4, -0.2) is 79.0 Å². The zero-order chi connectivity index (χ0) is 21.5. The molecule has 9 nitrogen and oxygen atoms in total. The van der Waals surface area contributed by atoms with Gasteiger partial charge in [-0.25, -0.2) is 4.98 Å². The quantitative estimate of drug-likeness (QED) is 0.440. The molecule has 0 aliphatic rings. The maximum atomic E-state index is 13.4. The Hall–Kier alpha value is -2.75. The van der Waals surface area contributed by atoms with Gasteiger partial charge in [0.15, 0.2) is 0 Å². The van der Waals surface area contributed by atoms with Crippen LogP contribution in [0.2, 0.25) is 0 Å². The molecule has 0 bridgehead atoms. The maximum Gasteiger partial charge on any atom is 0.270 e. The lowest BCUT2D eigenvalue weighted by atomic mass is 10.3. The van der Waals surface area contributed by atoms with Gasteiger partial charge in [-0.2, -0.15) is 0 Å². The average molecular weight is 416 g/mol. The fourth-order valence-electron chi connectivity index (χ4n) is 3.40. The van der Waals surface area contributed by atoms with Crippen LogP contribution in [0.15, 0.2) is 35.3 Å². The second kappa shape index (κ2) is 10.3. The number of pyridine rings is 1. The third kappa shape index (κ3) is 4.53. The number of hydrogen-bond donors (Lipinski definition) is 0. The molecule has 0 radical (unpaired) electrons. The van der Waals surface area contributed by atoms with E-state index in [9.17, 15) is 9.59 Å². The molecule has 162 valence electrons. The molecular weight excluding hydrogens is 388 g/mol. The molecular formula is C21H28N4O5. The molecule has 0 unspecified atom stereocenters. The highest BCUT2D eigenvalue weighted by Gasteiger charge is 2.23. The summed E-state index contributed by atoms with van der Waals surface area (Å²) >= 11 is 0. The van der Waals surface area contributed by atoms with E-state index in [1.165, 1.54) is 4.40 Å². The van der Waals surface area contributed by atoms with E-state index in [1.807, 2.05) is 10.6 Å². The molecule has 0 saturated heterocycles. The molecule has 3 aromatic heterocycles.